The number of amides is 1. The number of carbonyl (C=O) groups excluding carboxylic acids is 1. The Morgan fingerprint density at radius 3 is 2.30 bits per heavy atom. The van der Waals surface area contributed by atoms with Gasteiger partial charge in [0.2, 0.25) is 5.91 Å². The molecule has 0 unspecified atom stereocenters. The van der Waals surface area contributed by atoms with Crippen molar-refractivity contribution in [1.29, 1.82) is 0 Å². The third kappa shape index (κ3) is 3.66. The van der Waals surface area contributed by atoms with Gasteiger partial charge in [-0.05, 0) is 23.6 Å². The summed E-state index contributed by atoms with van der Waals surface area (Å²) < 4.78 is 1.67. The number of benzene rings is 2. The van der Waals surface area contributed by atoms with Gasteiger partial charge >= 0.3 is 0 Å². The van der Waals surface area contributed by atoms with Gasteiger partial charge in [0.15, 0.2) is 0 Å². The van der Waals surface area contributed by atoms with E-state index >= 15 is 0 Å². The van der Waals surface area contributed by atoms with Gasteiger partial charge in [0.1, 0.15) is 5.82 Å². The Labute approximate surface area is 135 Å². The number of hydrogen-bond acceptors (Lipinski definition) is 2. The van der Waals surface area contributed by atoms with Crippen LogP contribution in [0.25, 0.3) is 11.1 Å². The van der Waals surface area contributed by atoms with Crippen LogP contribution in [-0.4, -0.2) is 15.7 Å². The zero-order valence-corrected chi connectivity index (χ0v) is 13.3. The van der Waals surface area contributed by atoms with Gasteiger partial charge in [0.25, 0.3) is 0 Å². The standard InChI is InChI=1S/C19H19N3O/c1-14-12-18(22(2)21-14)20-19(23)13-15-8-10-17(11-9-15)16-6-4-3-5-7-16/h3-12H,13H2,1-2H3,(H,20,23). The van der Waals surface area contributed by atoms with E-state index in [-0.39, 0.29) is 5.91 Å². The molecule has 1 amide bonds. The summed E-state index contributed by atoms with van der Waals surface area (Å²) in [6, 6.07) is 20.1. The first-order valence-corrected chi connectivity index (χ1v) is 7.57. The molecule has 3 aromatic rings. The van der Waals surface area contributed by atoms with E-state index in [4.69, 9.17) is 0 Å². The topological polar surface area (TPSA) is 46.9 Å². The van der Waals surface area contributed by atoms with E-state index in [0.717, 1.165) is 16.8 Å². The summed E-state index contributed by atoms with van der Waals surface area (Å²) >= 11 is 0. The molecule has 0 aliphatic carbocycles. The minimum Gasteiger partial charge on any atom is -0.311 e. The van der Waals surface area contributed by atoms with Gasteiger partial charge in [-0.1, -0.05) is 54.6 Å². The first kappa shape index (κ1) is 15.0. The lowest BCUT2D eigenvalue weighted by molar-refractivity contribution is -0.115. The van der Waals surface area contributed by atoms with E-state index in [2.05, 4.69) is 22.5 Å². The van der Waals surface area contributed by atoms with Crippen molar-refractivity contribution in [2.75, 3.05) is 5.32 Å². The van der Waals surface area contributed by atoms with Crippen LogP contribution in [0.15, 0.2) is 60.7 Å². The minimum absolute atomic E-state index is 0.0412. The molecule has 4 nitrogen and oxygen atoms in total. The summed E-state index contributed by atoms with van der Waals surface area (Å²) in [6.07, 6.45) is 0.347. The van der Waals surface area contributed by atoms with Gasteiger partial charge in [-0.25, -0.2) is 0 Å². The van der Waals surface area contributed by atoms with Crippen LogP contribution in [-0.2, 0) is 18.3 Å². The smallest absolute Gasteiger partial charge is 0.229 e. The van der Waals surface area contributed by atoms with E-state index < -0.39 is 0 Å². The van der Waals surface area contributed by atoms with E-state index in [9.17, 15) is 4.79 Å². The zero-order valence-electron chi connectivity index (χ0n) is 13.3. The average molecular weight is 305 g/mol. The van der Waals surface area contributed by atoms with E-state index in [1.165, 1.54) is 5.56 Å². The molecule has 0 fully saturated rings. The lowest BCUT2D eigenvalue weighted by Crippen LogP contribution is -2.16. The predicted octanol–water partition coefficient (Wildman–Crippen LogP) is 3.58. The summed E-state index contributed by atoms with van der Waals surface area (Å²) in [5.41, 5.74) is 4.20. The molecule has 0 bridgehead atoms. The molecular formula is C19H19N3O. The quantitative estimate of drug-likeness (QED) is 0.801. The molecule has 0 aliphatic rings. The van der Waals surface area contributed by atoms with Gasteiger partial charge in [-0.15, -0.1) is 0 Å². The predicted molar refractivity (Wildman–Crippen MR) is 92.2 cm³/mol. The number of carbonyl (C=O) groups is 1. The molecular weight excluding hydrogens is 286 g/mol. The van der Waals surface area contributed by atoms with Crippen molar-refractivity contribution in [1.82, 2.24) is 9.78 Å². The maximum Gasteiger partial charge on any atom is 0.229 e. The fourth-order valence-corrected chi connectivity index (χ4v) is 2.55. The maximum absolute atomic E-state index is 12.1. The van der Waals surface area contributed by atoms with Crippen molar-refractivity contribution >= 4 is 11.7 Å². The Hall–Kier alpha value is -2.88. The number of aromatic nitrogens is 2. The largest absolute Gasteiger partial charge is 0.311 e. The highest BCUT2D eigenvalue weighted by molar-refractivity contribution is 5.91. The number of anilines is 1. The molecule has 0 saturated heterocycles. The number of nitrogens with zero attached hydrogens (tertiary/aromatic N) is 2. The van der Waals surface area contributed by atoms with Gasteiger partial charge in [-0.3, -0.25) is 9.48 Å². The van der Waals surface area contributed by atoms with Crippen LogP contribution in [0, 0.1) is 6.92 Å². The molecule has 4 heteroatoms. The van der Waals surface area contributed by atoms with Crippen molar-refractivity contribution in [2.24, 2.45) is 7.05 Å². The maximum atomic E-state index is 12.1. The second kappa shape index (κ2) is 6.48. The molecule has 0 saturated carbocycles. The van der Waals surface area contributed by atoms with Gasteiger partial charge in [0.05, 0.1) is 12.1 Å². The molecule has 2 aromatic carbocycles. The van der Waals surface area contributed by atoms with Crippen molar-refractivity contribution in [3.8, 4) is 11.1 Å². The molecule has 1 heterocycles. The van der Waals surface area contributed by atoms with Crippen LogP contribution in [0.4, 0.5) is 5.82 Å². The van der Waals surface area contributed by atoms with Crippen molar-refractivity contribution in [3.05, 3.63) is 71.9 Å². The Morgan fingerprint density at radius 1 is 1.04 bits per heavy atom. The van der Waals surface area contributed by atoms with Crippen LogP contribution >= 0.6 is 0 Å². The Bertz CT molecular complexity index is 804. The van der Waals surface area contributed by atoms with Gasteiger partial charge in [-0.2, -0.15) is 5.10 Å². The summed E-state index contributed by atoms with van der Waals surface area (Å²) in [4.78, 5) is 12.1. The molecule has 1 aromatic heterocycles. The fraction of sp³-hybridized carbons (Fsp3) is 0.158. The van der Waals surface area contributed by atoms with Crippen LogP contribution in [0.5, 0.6) is 0 Å². The van der Waals surface area contributed by atoms with Crippen molar-refractivity contribution in [3.63, 3.8) is 0 Å². The third-order valence-corrected chi connectivity index (χ3v) is 3.70. The fourth-order valence-electron chi connectivity index (χ4n) is 2.55. The first-order valence-electron chi connectivity index (χ1n) is 7.57. The Kier molecular flexibility index (Phi) is 4.24. The SMILES string of the molecule is Cc1cc(NC(=O)Cc2ccc(-c3ccccc3)cc2)n(C)n1. The Balaban J connectivity index is 1.66. The highest BCUT2D eigenvalue weighted by Crippen LogP contribution is 2.19. The highest BCUT2D eigenvalue weighted by atomic mass is 16.1. The van der Waals surface area contributed by atoms with E-state index in [0.29, 0.717) is 12.2 Å². The Morgan fingerprint density at radius 2 is 1.70 bits per heavy atom. The molecule has 3 rings (SSSR count). The second-order valence-corrected chi connectivity index (χ2v) is 5.58. The molecule has 0 radical (unpaired) electrons. The summed E-state index contributed by atoms with van der Waals surface area (Å²) in [5, 5.41) is 7.11. The molecule has 0 spiro atoms. The monoisotopic (exact) mass is 305 g/mol. The third-order valence-electron chi connectivity index (χ3n) is 3.70. The minimum atomic E-state index is -0.0412. The lowest BCUT2D eigenvalue weighted by atomic mass is 10.0. The van der Waals surface area contributed by atoms with Crippen molar-refractivity contribution < 1.29 is 4.79 Å². The summed E-state index contributed by atoms with van der Waals surface area (Å²) in [5.74, 6) is 0.675. The zero-order chi connectivity index (χ0) is 16.2. The summed E-state index contributed by atoms with van der Waals surface area (Å²) in [6.45, 7) is 1.90. The van der Waals surface area contributed by atoms with E-state index in [1.807, 2.05) is 62.5 Å². The first-order chi connectivity index (χ1) is 11.1. The van der Waals surface area contributed by atoms with Gasteiger partial charge in [0, 0.05) is 13.1 Å². The lowest BCUT2D eigenvalue weighted by Gasteiger charge is -2.06. The normalized spacial score (nSPS) is 10.5. The van der Waals surface area contributed by atoms with Crippen molar-refractivity contribution in [2.45, 2.75) is 13.3 Å². The molecule has 23 heavy (non-hydrogen) atoms. The molecule has 0 aliphatic heterocycles. The van der Waals surface area contributed by atoms with Crippen LogP contribution in [0.1, 0.15) is 11.3 Å². The molecule has 0 atom stereocenters. The number of nitrogens with one attached hydrogen (secondary N) is 1. The second-order valence-electron chi connectivity index (χ2n) is 5.58. The number of rotatable bonds is 4. The molecule has 116 valence electrons. The number of hydrogen-bond donors (Lipinski definition) is 1. The van der Waals surface area contributed by atoms with Crippen LogP contribution < -0.4 is 5.32 Å². The number of aryl methyl sites for hydroxylation is 2. The average Bonchev–Trinajstić information content (AvgIpc) is 2.86. The highest BCUT2D eigenvalue weighted by Gasteiger charge is 2.08. The molecule has 1 N–H and O–H groups in total. The van der Waals surface area contributed by atoms with Crippen LogP contribution in [0.2, 0.25) is 0 Å². The van der Waals surface area contributed by atoms with E-state index in [1.54, 1.807) is 4.68 Å². The van der Waals surface area contributed by atoms with Crippen LogP contribution in [0.3, 0.4) is 0 Å². The summed E-state index contributed by atoms with van der Waals surface area (Å²) in [7, 11) is 1.82. The van der Waals surface area contributed by atoms with Gasteiger partial charge < -0.3 is 5.32 Å².